The van der Waals surface area contributed by atoms with Crippen LogP contribution in [0.5, 0.6) is 0 Å². The number of hydrogen-bond donors (Lipinski definition) is 2. The Hall–Kier alpha value is -1.55. The van der Waals surface area contributed by atoms with Crippen LogP contribution in [0.15, 0.2) is 18.2 Å². The highest BCUT2D eigenvalue weighted by Gasteiger charge is 2.24. The third-order valence-electron chi connectivity index (χ3n) is 3.46. The van der Waals surface area contributed by atoms with E-state index in [0.717, 1.165) is 37.2 Å². The molecule has 1 aromatic carbocycles. The fourth-order valence-corrected chi connectivity index (χ4v) is 2.49. The number of β-amino-alcohol motifs (C(OH)–C–C–N with tert-alkyl or cyclic N) is 1. The minimum Gasteiger partial charge on any atom is -0.391 e. The topological polar surface area (TPSA) is 52.6 Å². The molecule has 0 aromatic heterocycles. The summed E-state index contributed by atoms with van der Waals surface area (Å²) in [6.07, 6.45) is 1.28. The Morgan fingerprint density at radius 3 is 3.00 bits per heavy atom. The third-order valence-corrected chi connectivity index (χ3v) is 3.46. The minimum absolute atomic E-state index is 0.00898. The van der Waals surface area contributed by atoms with Crippen LogP contribution in [0.2, 0.25) is 0 Å². The van der Waals surface area contributed by atoms with Crippen LogP contribution in [0, 0.1) is 6.92 Å². The van der Waals surface area contributed by atoms with Gasteiger partial charge in [0.2, 0.25) is 0 Å². The zero-order chi connectivity index (χ0) is 13.8. The van der Waals surface area contributed by atoms with Crippen molar-refractivity contribution >= 4 is 11.6 Å². The average Bonchev–Trinajstić information content (AvgIpc) is 2.39. The number of nitrogens with zero attached hydrogens (tertiary/aromatic N) is 1. The molecular formula is C15H22N2O2. The Kier molecular flexibility index (Phi) is 4.43. The van der Waals surface area contributed by atoms with Gasteiger partial charge < -0.3 is 15.3 Å². The van der Waals surface area contributed by atoms with Gasteiger partial charge in [-0.05, 0) is 44.4 Å². The molecule has 1 aromatic rings. The van der Waals surface area contributed by atoms with Crippen molar-refractivity contribution in [2.75, 3.05) is 25.0 Å². The molecule has 1 unspecified atom stereocenters. The van der Waals surface area contributed by atoms with E-state index < -0.39 is 0 Å². The summed E-state index contributed by atoms with van der Waals surface area (Å²) in [5.41, 5.74) is 2.71. The number of anilines is 1. The maximum Gasteiger partial charge on any atom is 0.256 e. The highest BCUT2D eigenvalue weighted by atomic mass is 16.3. The quantitative estimate of drug-likeness (QED) is 0.876. The first kappa shape index (κ1) is 13.9. The van der Waals surface area contributed by atoms with Crippen molar-refractivity contribution in [2.45, 2.75) is 32.8 Å². The Labute approximate surface area is 114 Å². The lowest BCUT2D eigenvalue weighted by molar-refractivity contribution is 0.0474. The third kappa shape index (κ3) is 3.26. The first-order valence-corrected chi connectivity index (χ1v) is 6.93. The van der Waals surface area contributed by atoms with Crippen molar-refractivity contribution in [1.82, 2.24) is 4.90 Å². The number of benzene rings is 1. The second kappa shape index (κ2) is 6.06. The summed E-state index contributed by atoms with van der Waals surface area (Å²) in [4.78, 5) is 14.3. The van der Waals surface area contributed by atoms with Crippen molar-refractivity contribution in [3.05, 3.63) is 29.3 Å². The van der Waals surface area contributed by atoms with Crippen LogP contribution in [-0.2, 0) is 0 Å². The SMILES string of the molecule is CCNc1cc(C)ccc1C(=O)N1CCCC(O)C1. The monoisotopic (exact) mass is 262 g/mol. The average molecular weight is 262 g/mol. The van der Waals surface area contributed by atoms with Gasteiger partial charge in [0.15, 0.2) is 0 Å². The lowest BCUT2D eigenvalue weighted by atomic mass is 10.0. The van der Waals surface area contributed by atoms with Crippen LogP contribution in [0.3, 0.4) is 0 Å². The van der Waals surface area contributed by atoms with E-state index in [4.69, 9.17) is 0 Å². The van der Waals surface area contributed by atoms with Crippen molar-refractivity contribution in [1.29, 1.82) is 0 Å². The minimum atomic E-state index is -0.384. The molecule has 0 saturated carbocycles. The Morgan fingerprint density at radius 2 is 2.32 bits per heavy atom. The van der Waals surface area contributed by atoms with Gasteiger partial charge in [0.25, 0.3) is 5.91 Å². The molecule has 2 N–H and O–H groups in total. The maximum atomic E-state index is 12.5. The number of aliphatic hydroxyl groups excluding tert-OH is 1. The number of carbonyl (C=O) groups is 1. The summed E-state index contributed by atoms with van der Waals surface area (Å²) in [7, 11) is 0. The molecule has 1 heterocycles. The van der Waals surface area contributed by atoms with Crippen molar-refractivity contribution in [2.24, 2.45) is 0 Å². The number of piperidine rings is 1. The van der Waals surface area contributed by atoms with Gasteiger partial charge in [0.1, 0.15) is 0 Å². The van der Waals surface area contributed by atoms with Gasteiger partial charge in [-0.1, -0.05) is 6.07 Å². The molecule has 1 fully saturated rings. The number of amides is 1. The first-order chi connectivity index (χ1) is 9.11. The summed E-state index contributed by atoms with van der Waals surface area (Å²) in [6, 6.07) is 5.82. The highest BCUT2D eigenvalue weighted by Crippen LogP contribution is 2.21. The second-order valence-electron chi connectivity index (χ2n) is 5.13. The molecule has 4 heteroatoms. The van der Waals surface area contributed by atoms with Gasteiger partial charge >= 0.3 is 0 Å². The highest BCUT2D eigenvalue weighted by molar-refractivity contribution is 5.99. The van der Waals surface area contributed by atoms with E-state index in [0.29, 0.717) is 12.1 Å². The number of aryl methyl sites for hydroxylation is 1. The molecule has 1 aliphatic heterocycles. The lowest BCUT2D eigenvalue weighted by Gasteiger charge is -2.30. The molecule has 2 rings (SSSR count). The fourth-order valence-electron chi connectivity index (χ4n) is 2.49. The van der Waals surface area contributed by atoms with E-state index >= 15 is 0 Å². The standard InChI is InChI=1S/C15H22N2O2/c1-3-16-14-9-11(2)6-7-13(14)15(19)17-8-4-5-12(18)10-17/h6-7,9,12,16,18H,3-5,8,10H2,1-2H3. The van der Waals surface area contributed by atoms with Gasteiger partial charge in [0.05, 0.1) is 11.7 Å². The summed E-state index contributed by atoms with van der Waals surface area (Å²) >= 11 is 0. The van der Waals surface area contributed by atoms with E-state index in [1.165, 1.54) is 0 Å². The Morgan fingerprint density at radius 1 is 1.53 bits per heavy atom. The molecule has 0 aliphatic carbocycles. The number of aliphatic hydroxyl groups is 1. The van der Waals surface area contributed by atoms with E-state index in [1.807, 2.05) is 32.0 Å². The van der Waals surface area contributed by atoms with Crippen molar-refractivity contribution in [3.8, 4) is 0 Å². The first-order valence-electron chi connectivity index (χ1n) is 6.93. The van der Waals surface area contributed by atoms with Crippen LogP contribution < -0.4 is 5.32 Å². The zero-order valence-electron chi connectivity index (χ0n) is 11.6. The van der Waals surface area contributed by atoms with Crippen molar-refractivity contribution in [3.63, 3.8) is 0 Å². The van der Waals surface area contributed by atoms with E-state index in [1.54, 1.807) is 4.90 Å². The molecule has 4 nitrogen and oxygen atoms in total. The molecule has 0 radical (unpaired) electrons. The van der Waals surface area contributed by atoms with E-state index in [2.05, 4.69) is 5.32 Å². The number of carbonyl (C=O) groups excluding carboxylic acids is 1. The number of likely N-dealkylation sites (tertiary alicyclic amines) is 1. The van der Waals surface area contributed by atoms with Gasteiger partial charge in [-0.2, -0.15) is 0 Å². The van der Waals surface area contributed by atoms with Crippen LogP contribution in [0.4, 0.5) is 5.69 Å². The molecule has 1 amide bonds. The molecule has 0 spiro atoms. The molecule has 1 atom stereocenters. The van der Waals surface area contributed by atoms with Crippen LogP contribution >= 0.6 is 0 Å². The van der Waals surface area contributed by atoms with Gasteiger partial charge in [-0.25, -0.2) is 0 Å². The van der Waals surface area contributed by atoms with Crippen molar-refractivity contribution < 1.29 is 9.90 Å². The van der Waals surface area contributed by atoms with Crippen LogP contribution in [0.1, 0.15) is 35.7 Å². The van der Waals surface area contributed by atoms with E-state index in [9.17, 15) is 9.90 Å². The number of rotatable bonds is 3. The maximum absolute atomic E-state index is 12.5. The zero-order valence-corrected chi connectivity index (χ0v) is 11.6. The van der Waals surface area contributed by atoms with Crippen LogP contribution in [-0.4, -0.2) is 41.7 Å². The molecule has 104 valence electrons. The van der Waals surface area contributed by atoms with Gasteiger partial charge in [-0.3, -0.25) is 4.79 Å². The summed E-state index contributed by atoms with van der Waals surface area (Å²) in [5, 5.41) is 12.9. The number of hydrogen-bond acceptors (Lipinski definition) is 3. The van der Waals surface area contributed by atoms with Crippen LogP contribution in [0.25, 0.3) is 0 Å². The smallest absolute Gasteiger partial charge is 0.256 e. The van der Waals surface area contributed by atoms with Gasteiger partial charge in [0, 0.05) is 25.3 Å². The summed E-state index contributed by atoms with van der Waals surface area (Å²) in [5.74, 6) is 0.00898. The van der Waals surface area contributed by atoms with E-state index in [-0.39, 0.29) is 12.0 Å². The predicted octanol–water partition coefficient (Wildman–Crippen LogP) is 2.02. The molecule has 1 saturated heterocycles. The molecule has 1 aliphatic rings. The predicted molar refractivity (Wildman–Crippen MR) is 76.5 cm³/mol. The lowest BCUT2D eigenvalue weighted by Crippen LogP contribution is -2.42. The second-order valence-corrected chi connectivity index (χ2v) is 5.13. The Balaban J connectivity index is 2.22. The number of nitrogens with one attached hydrogen (secondary N) is 1. The Bertz CT molecular complexity index is 459. The normalized spacial score (nSPS) is 19.3. The molecular weight excluding hydrogens is 240 g/mol. The molecule has 19 heavy (non-hydrogen) atoms. The largest absolute Gasteiger partial charge is 0.391 e. The van der Waals surface area contributed by atoms with Gasteiger partial charge in [-0.15, -0.1) is 0 Å². The summed E-state index contributed by atoms with van der Waals surface area (Å²) < 4.78 is 0. The summed E-state index contributed by atoms with van der Waals surface area (Å²) in [6.45, 7) is 5.99. The molecule has 0 bridgehead atoms. The fraction of sp³-hybridized carbons (Fsp3) is 0.533.